The van der Waals surface area contributed by atoms with Crippen molar-refractivity contribution in [1.82, 2.24) is 9.45 Å². The van der Waals surface area contributed by atoms with Gasteiger partial charge in [0.05, 0.1) is 10.6 Å². The molecule has 18 heavy (non-hydrogen) atoms. The fourth-order valence-corrected chi connectivity index (χ4v) is 2.90. The van der Waals surface area contributed by atoms with Crippen LogP contribution in [-0.2, 0) is 14.9 Å². The fourth-order valence-electron chi connectivity index (χ4n) is 1.63. The van der Waals surface area contributed by atoms with Crippen molar-refractivity contribution in [2.75, 3.05) is 0 Å². The molecule has 0 radical (unpaired) electrons. The van der Waals surface area contributed by atoms with E-state index >= 15 is 0 Å². The lowest BCUT2D eigenvalue weighted by atomic mass is 10.3. The van der Waals surface area contributed by atoms with Crippen LogP contribution in [0.1, 0.15) is 11.9 Å². The SMILES string of the molecule is O=S(=O)(c1ccccc1)N1OC1c1ccccn1. The fraction of sp³-hybridized carbons (Fsp3) is 0.0833. The first-order valence-electron chi connectivity index (χ1n) is 5.37. The summed E-state index contributed by atoms with van der Waals surface area (Å²) in [7, 11) is -3.59. The van der Waals surface area contributed by atoms with Gasteiger partial charge in [-0.05, 0) is 28.7 Å². The molecule has 6 heteroatoms. The Kier molecular flexibility index (Phi) is 2.62. The normalized spacial score (nSPS) is 22.7. The van der Waals surface area contributed by atoms with Crippen molar-refractivity contribution in [3.05, 3.63) is 60.4 Å². The molecular formula is C12H10N2O3S. The number of hydrogen-bond donors (Lipinski definition) is 0. The van der Waals surface area contributed by atoms with E-state index in [-0.39, 0.29) is 4.90 Å². The summed E-state index contributed by atoms with van der Waals surface area (Å²) in [6.07, 6.45) is 0.987. The number of benzene rings is 1. The Morgan fingerprint density at radius 3 is 2.44 bits per heavy atom. The van der Waals surface area contributed by atoms with Gasteiger partial charge in [-0.25, -0.2) is 8.42 Å². The standard InChI is InChI=1S/C12H10N2O3S/c15-18(16,10-6-2-1-3-7-10)14-12(17-14)11-8-4-5-9-13-11/h1-9,12H. The Bertz CT molecular complexity index is 644. The predicted molar refractivity (Wildman–Crippen MR) is 63.5 cm³/mol. The summed E-state index contributed by atoms with van der Waals surface area (Å²) < 4.78 is 25.3. The molecule has 2 atom stereocenters. The van der Waals surface area contributed by atoms with Gasteiger partial charge in [0.15, 0.2) is 0 Å². The van der Waals surface area contributed by atoms with Gasteiger partial charge in [0, 0.05) is 6.20 Å². The van der Waals surface area contributed by atoms with Crippen LogP contribution in [0.3, 0.4) is 0 Å². The van der Waals surface area contributed by atoms with Crippen LogP contribution in [0.15, 0.2) is 59.6 Å². The van der Waals surface area contributed by atoms with Gasteiger partial charge >= 0.3 is 0 Å². The van der Waals surface area contributed by atoms with Crippen molar-refractivity contribution in [2.45, 2.75) is 11.1 Å². The maximum atomic E-state index is 12.2. The number of sulfonamides is 1. The monoisotopic (exact) mass is 262 g/mol. The summed E-state index contributed by atoms with van der Waals surface area (Å²) >= 11 is 0. The Hall–Kier alpha value is -1.76. The van der Waals surface area contributed by atoms with Gasteiger partial charge < -0.3 is 0 Å². The molecule has 0 bridgehead atoms. The van der Waals surface area contributed by atoms with Crippen molar-refractivity contribution in [1.29, 1.82) is 0 Å². The van der Waals surface area contributed by atoms with Gasteiger partial charge in [0.25, 0.3) is 10.0 Å². The molecule has 1 saturated heterocycles. The van der Waals surface area contributed by atoms with E-state index in [1.165, 1.54) is 12.1 Å². The second kappa shape index (κ2) is 4.16. The molecule has 2 aromatic rings. The first-order valence-corrected chi connectivity index (χ1v) is 6.81. The molecule has 92 valence electrons. The Balaban J connectivity index is 1.87. The molecule has 0 amide bonds. The minimum absolute atomic E-state index is 0.212. The lowest BCUT2D eigenvalue weighted by molar-refractivity contribution is 0.282. The van der Waals surface area contributed by atoms with Gasteiger partial charge in [-0.15, -0.1) is 0 Å². The molecule has 5 nitrogen and oxygen atoms in total. The summed E-state index contributed by atoms with van der Waals surface area (Å²) in [6, 6.07) is 13.5. The van der Waals surface area contributed by atoms with Crippen LogP contribution in [0.5, 0.6) is 0 Å². The lowest BCUT2D eigenvalue weighted by Crippen LogP contribution is -2.12. The predicted octanol–water partition coefficient (Wildman–Crippen LogP) is 1.72. The number of hydrogen-bond acceptors (Lipinski definition) is 4. The highest BCUT2D eigenvalue weighted by Gasteiger charge is 2.49. The molecular weight excluding hydrogens is 252 g/mol. The zero-order valence-electron chi connectivity index (χ0n) is 9.30. The molecule has 2 heterocycles. The van der Waals surface area contributed by atoms with Gasteiger partial charge in [-0.3, -0.25) is 9.82 Å². The number of rotatable bonds is 3. The molecule has 1 aliphatic rings. The van der Waals surface area contributed by atoms with Gasteiger partial charge in [-0.1, -0.05) is 24.3 Å². The second-order valence-corrected chi connectivity index (χ2v) is 5.57. The van der Waals surface area contributed by atoms with E-state index in [1.807, 2.05) is 0 Å². The number of pyridine rings is 1. The van der Waals surface area contributed by atoms with E-state index in [0.717, 1.165) is 4.47 Å². The van der Waals surface area contributed by atoms with Crippen molar-refractivity contribution in [3.63, 3.8) is 0 Å². The molecule has 0 spiro atoms. The quantitative estimate of drug-likeness (QED) is 0.790. The summed E-state index contributed by atoms with van der Waals surface area (Å²) in [5.41, 5.74) is 0.581. The van der Waals surface area contributed by atoms with Crippen LogP contribution >= 0.6 is 0 Å². The largest absolute Gasteiger partial charge is 0.268 e. The Morgan fingerprint density at radius 1 is 1.06 bits per heavy atom. The number of nitrogens with zero attached hydrogens (tertiary/aromatic N) is 2. The van der Waals surface area contributed by atoms with Crippen molar-refractivity contribution in [2.24, 2.45) is 0 Å². The van der Waals surface area contributed by atoms with Crippen LogP contribution < -0.4 is 0 Å². The van der Waals surface area contributed by atoms with Gasteiger partial charge in [-0.2, -0.15) is 0 Å². The zero-order valence-corrected chi connectivity index (χ0v) is 10.1. The highest BCUT2D eigenvalue weighted by molar-refractivity contribution is 7.89. The molecule has 1 aliphatic heterocycles. The molecule has 0 aliphatic carbocycles. The zero-order chi connectivity index (χ0) is 12.6. The molecule has 1 fully saturated rings. The maximum Gasteiger partial charge on any atom is 0.268 e. The second-order valence-electron chi connectivity index (χ2n) is 3.79. The van der Waals surface area contributed by atoms with E-state index in [2.05, 4.69) is 4.98 Å². The first-order chi connectivity index (χ1) is 8.69. The van der Waals surface area contributed by atoms with Crippen molar-refractivity contribution >= 4 is 10.0 Å². The third-order valence-corrected chi connectivity index (χ3v) is 4.19. The highest BCUT2D eigenvalue weighted by Crippen LogP contribution is 2.41. The summed E-state index contributed by atoms with van der Waals surface area (Å²) in [5, 5.41) is 0. The average molecular weight is 262 g/mol. The van der Waals surface area contributed by atoms with Crippen LogP contribution in [0.4, 0.5) is 0 Å². The Labute approximate surface area is 105 Å². The van der Waals surface area contributed by atoms with Crippen molar-refractivity contribution in [3.8, 4) is 0 Å². The number of hydroxylamine groups is 1. The summed E-state index contributed by atoms with van der Waals surface area (Å²) in [6.45, 7) is 0. The van der Waals surface area contributed by atoms with Crippen LogP contribution in [0.25, 0.3) is 0 Å². The topological polar surface area (TPSA) is 62.6 Å². The summed E-state index contributed by atoms with van der Waals surface area (Å²) in [4.78, 5) is 9.38. The Morgan fingerprint density at radius 2 is 1.78 bits per heavy atom. The molecule has 0 N–H and O–H groups in total. The maximum absolute atomic E-state index is 12.2. The molecule has 0 saturated carbocycles. The van der Waals surface area contributed by atoms with E-state index in [9.17, 15) is 8.42 Å². The van der Waals surface area contributed by atoms with E-state index < -0.39 is 16.3 Å². The van der Waals surface area contributed by atoms with Crippen LogP contribution in [0, 0.1) is 0 Å². The van der Waals surface area contributed by atoms with Gasteiger partial charge in [0.1, 0.15) is 0 Å². The highest BCUT2D eigenvalue weighted by atomic mass is 32.2. The van der Waals surface area contributed by atoms with Crippen LogP contribution in [-0.4, -0.2) is 17.9 Å². The minimum Gasteiger partial charge on any atom is -0.257 e. The van der Waals surface area contributed by atoms with E-state index in [4.69, 9.17) is 4.84 Å². The van der Waals surface area contributed by atoms with E-state index in [0.29, 0.717) is 5.69 Å². The molecule has 3 rings (SSSR count). The third kappa shape index (κ3) is 1.90. The minimum atomic E-state index is -3.59. The lowest BCUT2D eigenvalue weighted by Gasteiger charge is -2.01. The van der Waals surface area contributed by atoms with Crippen molar-refractivity contribution < 1.29 is 13.3 Å². The third-order valence-electron chi connectivity index (χ3n) is 2.57. The van der Waals surface area contributed by atoms with E-state index in [1.54, 1.807) is 42.6 Å². The first kappa shape index (κ1) is 11.3. The summed E-state index contributed by atoms with van der Waals surface area (Å²) in [5.74, 6) is 0. The molecule has 2 unspecified atom stereocenters. The van der Waals surface area contributed by atoms with Gasteiger partial charge in [0.2, 0.25) is 6.23 Å². The molecule has 1 aromatic heterocycles. The molecule has 1 aromatic carbocycles. The van der Waals surface area contributed by atoms with Crippen LogP contribution in [0.2, 0.25) is 0 Å². The smallest absolute Gasteiger partial charge is 0.257 e. The average Bonchev–Trinajstić information content (AvgIpc) is 3.22. The number of aromatic nitrogens is 1.